The van der Waals surface area contributed by atoms with Crippen LogP contribution in [-0.4, -0.2) is 31.4 Å². The van der Waals surface area contributed by atoms with Crippen molar-refractivity contribution >= 4 is 11.6 Å². The maximum absolute atomic E-state index is 12.9. The molecule has 108 valence electrons. The van der Waals surface area contributed by atoms with E-state index in [1.807, 2.05) is 6.07 Å². The maximum Gasteiger partial charge on any atom is 0.418 e. The summed E-state index contributed by atoms with van der Waals surface area (Å²) < 4.78 is 38.6. The first-order valence-corrected chi connectivity index (χ1v) is 5.82. The summed E-state index contributed by atoms with van der Waals surface area (Å²) in [4.78, 5) is 13.2. The van der Waals surface area contributed by atoms with Crippen molar-refractivity contribution in [2.24, 2.45) is 0 Å². The maximum atomic E-state index is 12.9. The van der Waals surface area contributed by atoms with Crippen molar-refractivity contribution in [1.29, 1.82) is 5.26 Å². The van der Waals surface area contributed by atoms with E-state index in [4.69, 9.17) is 5.26 Å². The monoisotopic (exact) mass is 285 g/mol. The van der Waals surface area contributed by atoms with Crippen LogP contribution in [0.4, 0.5) is 18.9 Å². The summed E-state index contributed by atoms with van der Waals surface area (Å²) in [5.41, 5.74) is -1.04. The summed E-state index contributed by atoms with van der Waals surface area (Å²) in [6.07, 6.45) is -4.41. The number of carbonyl (C=O) groups excluding carboxylic acids is 1. The van der Waals surface area contributed by atoms with Gasteiger partial charge in [0.15, 0.2) is 0 Å². The highest BCUT2D eigenvalue weighted by molar-refractivity contribution is 5.94. The molecule has 0 saturated carbocycles. The molecule has 0 fully saturated rings. The van der Waals surface area contributed by atoms with Gasteiger partial charge in [-0.25, -0.2) is 0 Å². The molecule has 1 rings (SSSR count). The Bertz CT molecular complexity index is 535. The number of rotatable bonds is 4. The van der Waals surface area contributed by atoms with Crippen LogP contribution < -0.4 is 5.32 Å². The summed E-state index contributed by atoms with van der Waals surface area (Å²) in [5, 5.41) is 10.9. The number of carbonyl (C=O) groups is 1. The molecule has 0 aliphatic heterocycles. The first-order valence-electron chi connectivity index (χ1n) is 5.82. The average molecular weight is 285 g/mol. The number of anilines is 1. The predicted octanol–water partition coefficient (Wildman–Crippen LogP) is 2.73. The molecule has 0 aliphatic rings. The van der Waals surface area contributed by atoms with Crippen LogP contribution in [0.1, 0.15) is 22.3 Å². The molecule has 0 unspecified atom stereocenters. The van der Waals surface area contributed by atoms with Gasteiger partial charge < -0.3 is 10.2 Å². The molecule has 0 aliphatic carbocycles. The third kappa shape index (κ3) is 3.63. The van der Waals surface area contributed by atoms with Gasteiger partial charge in [-0.05, 0) is 18.2 Å². The molecule has 0 saturated heterocycles. The molecule has 0 bridgehead atoms. The Hall–Kier alpha value is -2.23. The third-order valence-electron chi connectivity index (χ3n) is 2.75. The van der Waals surface area contributed by atoms with Gasteiger partial charge in [0.25, 0.3) is 5.91 Å². The highest BCUT2D eigenvalue weighted by atomic mass is 19.4. The Morgan fingerprint density at radius 3 is 2.60 bits per heavy atom. The minimum atomic E-state index is -4.54. The molecule has 0 radical (unpaired) electrons. The molecule has 0 heterocycles. The van der Waals surface area contributed by atoms with E-state index in [2.05, 4.69) is 5.32 Å². The van der Waals surface area contributed by atoms with Crippen molar-refractivity contribution < 1.29 is 18.0 Å². The van der Waals surface area contributed by atoms with Crippen molar-refractivity contribution in [2.75, 3.05) is 26.0 Å². The molecule has 4 nitrogen and oxygen atoms in total. The van der Waals surface area contributed by atoms with Crippen LogP contribution in [0, 0.1) is 11.3 Å². The number of hydrogen-bond donors (Lipinski definition) is 1. The summed E-state index contributed by atoms with van der Waals surface area (Å²) in [5.74, 6) is -0.548. The van der Waals surface area contributed by atoms with Crippen molar-refractivity contribution in [3.8, 4) is 6.07 Å². The smallest absolute Gasteiger partial charge is 0.388 e. The Morgan fingerprint density at radius 2 is 2.10 bits per heavy atom. The fourth-order valence-corrected chi connectivity index (χ4v) is 1.67. The molecule has 1 aromatic carbocycles. The molecule has 0 aromatic heterocycles. The van der Waals surface area contributed by atoms with Crippen LogP contribution >= 0.6 is 0 Å². The SMILES string of the molecule is CNc1ccc(C(=O)N(C)CCC#N)cc1C(F)(F)F. The van der Waals surface area contributed by atoms with Gasteiger partial charge in [0.2, 0.25) is 0 Å². The molecule has 0 spiro atoms. The molecular formula is C13H14F3N3O. The lowest BCUT2D eigenvalue weighted by atomic mass is 10.1. The normalized spacial score (nSPS) is 10.8. The Morgan fingerprint density at radius 1 is 1.45 bits per heavy atom. The van der Waals surface area contributed by atoms with E-state index in [9.17, 15) is 18.0 Å². The lowest BCUT2D eigenvalue weighted by molar-refractivity contribution is -0.136. The second kappa shape index (κ2) is 6.28. The van der Waals surface area contributed by atoms with Crippen molar-refractivity contribution in [1.82, 2.24) is 4.90 Å². The van der Waals surface area contributed by atoms with Crippen LogP contribution in [0.2, 0.25) is 0 Å². The van der Waals surface area contributed by atoms with Gasteiger partial charge in [0, 0.05) is 31.9 Å². The summed E-state index contributed by atoms with van der Waals surface area (Å²) >= 11 is 0. The Kier molecular flexibility index (Phi) is 4.97. The van der Waals surface area contributed by atoms with Crippen molar-refractivity contribution in [3.05, 3.63) is 29.3 Å². The topological polar surface area (TPSA) is 56.1 Å². The van der Waals surface area contributed by atoms with Crippen LogP contribution in [0.15, 0.2) is 18.2 Å². The van der Waals surface area contributed by atoms with Crippen LogP contribution in [0.5, 0.6) is 0 Å². The number of nitriles is 1. The molecule has 7 heteroatoms. The summed E-state index contributed by atoms with van der Waals surface area (Å²) in [6, 6.07) is 5.23. The number of alkyl halides is 3. The highest BCUT2D eigenvalue weighted by Gasteiger charge is 2.34. The predicted molar refractivity (Wildman–Crippen MR) is 68.2 cm³/mol. The van der Waals surface area contributed by atoms with Crippen molar-refractivity contribution in [2.45, 2.75) is 12.6 Å². The molecule has 1 amide bonds. The number of hydrogen-bond acceptors (Lipinski definition) is 3. The number of halogens is 3. The van der Waals surface area contributed by atoms with E-state index in [0.717, 1.165) is 6.07 Å². The number of nitrogens with zero attached hydrogens (tertiary/aromatic N) is 2. The van der Waals surface area contributed by atoms with Gasteiger partial charge in [-0.3, -0.25) is 4.79 Å². The third-order valence-corrected chi connectivity index (χ3v) is 2.75. The van der Waals surface area contributed by atoms with Gasteiger partial charge in [-0.2, -0.15) is 18.4 Å². The van der Waals surface area contributed by atoms with Gasteiger partial charge in [0.05, 0.1) is 18.1 Å². The summed E-state index contributed by atoms with van der Waals surface area (Å²) in [7, 11) is 2.82. The van der Waals surface area contributed by atoms with E-state index in [0.29, 0.717) is 0 Å². The zero-order valence-electron chi connectivity index (χ0n) is 11.1. The lowest BCUT2D eigenvalue weighted by Crippen LogP contribution is -2.28. The first-order chi connectivity index (χ1) is 9.31. The largest absolute Gasteiger partial charge is 0.418 e. The molecule has 20 heavy (non-hydrogen) atoms. The van der Waals surface area contributed by atoms with E-state index in [1.54, 1.807) is 0 Å². The van der Waals surface area contributed by atoms with E-state index in [-0.39, 0.29) is 24.2 Å². The second-order valence-corrected chi connectivity index (χ2v) is 4.14. The Balaban J connectivity index is 3.09. The average Bonchev–Trinajstić information content (AvgIpc) is 2.42. The van der Waals surface area contributed by atoms with Gasteiger partial charge in [-0.1, -0.05) is 0 Å². The molecule has 1 N–H and O–H groups in total. The van der Waals surface area contributed by atoms with Crippen LogP contribution in [0.3, 0.4) is 0 Å². The zero-order valence-corrected chi connectivity index (χ0v) is 11.1. The number of amides is 1. The minimum Gasteiger partial charge on any atom is -0.388 e. The van der Waals surface area contributed by atoms with Gasteiger partial charge in [0.1, 0.15) is 0 Å². The highest BCUT2D eigenvalue weighted by Crippen LogP contribution is 2.35. The second-order valence-electron chi connectivity index (χ2n) is 4.14. The van der Waals surface area contributed by atoms with Gasteiger partial charge in [-0.15, -0.1) is 0 Å². The number of nitrogens with one attached hydrogen (secondary N) is 1. The zero-order chi connectivity index (χ0) is 15.3. The van der Waals surface area contributed by atoms with E-state index < -0.39 is 17.6 Å². The fraction of sp³-hybridized carbons (Fsp3) is 0.385. The Labute approximate surface area is 114 Å². The standard InChI is InChI=1S/C13H14F3N3O/c1-18-11-5-4-9(8-10(11)13(14,15)16)12(20)19(2)7-3-6-17/h4-5,8,18H,3,7H2,1-2H3. The van der Waals surface area contributed by atoms with E-state index in [1.165, 1.54) is 31.1 Å². The molecular weight excluding hydrogens is 271 g/mol. The summed E-state index contributed by atoms with van der Waals surface area (Å²) in [6.45, 7) is 0.171. The quantitative estimate of drug-likeness (QED) is 0.925. The van der Waals surface area contributed by atoms with Crippen LogP contribution in [0.25, 0.3) is 0 Å². The molecule has 0 atom stereocenters. The molecule has 1 aromatic rings. The minimum absolute atomic E-state index is 0.0586. The van der Waals surface area contributed by atoms with Crippen LogP contribution in [-0.2, 0) is 6.18 Å². The van der Waals surface area contributed by atoms with Gasteiger partial charge >= 0.3 is 6.18 Å². The number of benzene rings is 1. The van der Waals surface area contributed by atoms with Crippen molar-refractivity contribution in [3.63, 3.8) is 0 Å². The fourth-order valence-electron chi connectivity index (χ4n) is 1.67. The first kappa shape index (κ1) is 15.8. The van der Waals surface area contributed by atoms with E-state index >= 15 is 0 Å². The lowest BCUT2D eigenvalue weighted by Gasteiger charge is -2.18.